The summed E-state index contributed by atoms with van der Waals surface area (Å²) in [6.45, 7) is 3.91. The van der Waals surface area contributed by atoms with Gasteiger partial charge in [0.05, 0.1) is 55.2 Å². The number of allylic oxidation sites excluding steroid dienone is 1. The lowest BCUT2D eigenvalue weighted by Crippen LogP contribution is -2.62. The molecule has 0 amide bonds. The van der Waals surface area contributed by atoms with Gasteiger partial charge in [-0.25, -0.2) is 0 Å². The van der Waals surface area contributed by atoms with E-state index in [2.05, 4.69) is 49.1 Å². The first-order valence-electron chi connectivity index (χ1n) is 21.0. The lowest BCUT2D eigenvalue weighted by Gasteiger charge is -2.42. The molecule has 4 saturated carbocycles. The van der Waals surface area contributed by atoms with Crippen molar-refractivity contribution < 1.29 is 9.90 Å². The van der Waals surface area contributed by atoms with Crippen LogP contribution in [0.1, 0.15) is 116 Å². The van der Waals surface area contributed by atoms with E-state index in [1.165, 1.54) is 77.0 Å². The largest absolute Gasteiger partial charge is 0.481 e. The summed E-state index contributed by atoms with van der Waals surface area (Å²) in [7, 11) is 0. The molecule has 49 heavy (non-hydrogen) atoms. The Hall–Kier alpha value is -1.11. The first-order valence-corrected chi connectivity index (χ1v) is 21.0. The number of unbranched alkanes of at least 4 members (excludes halogenated alkanes) is 2. The Labute approximate surface area is 294 Å². The zero-order chi connectivity index (χ0) is 33.1. The van der Waals surface area contributed by atoms with E-state index in [-0.39, 0.29) is 48.6 Å². The summed E-state index contributed by atoms with van der Waals surface area (Å²) in [6, 6.07) is 0. The number of carboxylic acids is 1. The summed E-state index contributed by atoms with van der Waals surface area (Å²) >= 11 is 0. The maximum Gasteiger partial charge on any atom is 0.307 e. The number of nitrogens with one attached hydrogen (secondary N) is 8. The van der Waals surface area contributed by atoms with Crippen LogP contribution < -0.4 is 42.5 Å². The molecule has 10 nitrogen and oxygen atoms in total. The summed E-state index contributed by atoms with van der Waals surface area (Å²) in [5.41, 5.74) is 0. The molecule has 0 aromatic rings. The Bertz CT molecular complexity index is 1190. The van der Waals surface area contributed by atoms with Gasteiger partial charge in [0.2, 0.25) is 0 Å². The minimum atomic E-state index is -0.585. The van der Waals surface area contributed by atoms with Crippen LogP contribution in [0.5, 0.6) is 0 Å². The Morgan fingerprint density at radius 3 is 1.24 bits per heavy atom. The molecule has 18 unspecified atom stereocenters. The van der Waals surface area contributed by atoms with Crippen molar-refractivity contribution in [1.29, 1.82) is 0 Å². The predicted molar refractivity (Wildman–Crippen MR) is 191 cm³/mol. The van der Waals surface area contributed by atoms with Gasteiger partial charge in [0.15, 0.2) is 0 Å². The van der Waals surface area contributed by atoms with Gasteiger partial charge in [-0.3, -0.25) is 47.3 Å². The van der Waals surface area contributed by atoms with Crippen molar-refractivity contribution in [2.45, 2.75) is 165 Å². The van der Waals surface area contributed by atoms with Crippen molar-refractivity contribution in [3.8, 4) is 0 Å². The average Bonchev–Trinajstić information content (AvgIpc) is 3.85. The maximum absolute atomic E-state index is 13.3. The summed E-state index contributed by atoms with van der Waals surface area (Å²) in [5.74, 6) is 3.43. The van der Waals surface area contributed by atoms with Crippen LogP contribution >= 0.6 is 0 Å². The second kappa shape index (κ2) is 14.4. The molecule has 5 aliphatic heterocycles. The number of aliphatic carboxylic acids is 1. The fourth-order valence-corrected chi connectivity index (χ4v) is 13.5. The van der Waals surface area contributed by atoms with E-state index in [0.717, 1.165) is 38.5 Å². The van der Waals surface area contributed by atoms with E-state index in [4.69, 9.17) is 0 Å². The zero-order valence-corrected chi connectivity index (χ0v) is 29.8. The predicted octanol–water partition coefficient (Wildman–Crippen LogP) is 3.89. The highest BCUT2D eigenvalue weighted by Gasteiger charge is 2.57. The summed E-state index contributed by atoms with van der Waals surface area (Å²) in [5, 5.41) is 44.3. The molecule has 9 aliphatic rings. The molecule has 0 radical (unpaired) electrons. The standard InChI is InChI=1S/C39H66N8O2/c1-2-3-4-5-12-21-19-20-28-30(29(21)39(48)49)38-46-36-27-18-11-10-17-26(27)34(44-36)42-32-23-14-7-6-13-22(23)31(40-32)41-33-24-15-8-9-16-25(24)35(43-33)45-37(28)47-38/h2,21-38,40-47H,1,3-20H2,(H,48,49). The quantitative estimate of drug-likeness (QED) is 0.151. The van der Waals surface area contributed by atoms with Gasteiger partial charge in [-0.2, -0.15) is 0 Å². The normalized spacial score (nSPS) is 52.1. The summed E-state index contributed by atoms with van der Waals surface area (Å²) in [6.07, 6.45) is 25.7. The molecule has 5 saturated heterocycles. The van der Waals surface area contributed by atoms with E-state index in [9.17, 15) is 9.90 Å². The second-order valence-corrected chi connectivity index (χ2v) is 18.0. The lowest BCUT2D eigenvalue weighted by molar-refractivity contribution is -0.149. The second-order valence-electron chi connectivity index (χ2n) is 18.0. The van der Waals surface area contributed by atoms with E-state index in [1.807, 2.05) is 6.08 Å². The van der Waals surface area contributed by atoms with Gasteiger partial charge in [-0.05, 0) is 118 Å². The Kier molecular flexibility index (Phi) is 9.89. The Balaban J connectivity index is 1.04. The van der Waals surface area contributed by atoms with Crippen molar-refractivity contribution >= 4 is 5.97 Å². The molecule has 9 rings (SSSR count). The van der Waals surface area contributed by atoms with Gasteiger partial charge >= 0.3 is 5.97 Å². The molecular weight excluding hydrogens is 612 g/mol. The first kappa shape index (κ1) is 33.7. The van der Waals surface area contributed by atoms with Crippen LogP contribution in [0.2, 0.25) is 0 Å². The molecule has 274 valence electrons. The average molecular weight is 679 g/mol. The van der Waals surface area contributed by atoms with Gasteiger partial charge < -0.3 is 5.11 Å². The highest BCUT2D eigenvalue weighted by molar-refractivity contribution is 5.71. The highest BCUT2D eigenvalue weighted by Crippen LogP contribution is 2.49. The van der Waals surface area contributed by atoms with Crippen LogP contribution in [0.3, 0.4) is 0 Å². The van der Waals surface area contributed by atoms with Gasteiger partial charge in [-0.1, -0.05) is 51.0 Å². The van der Waals surface area contributed by atoms with E-state index >= 15 is 0 Å². The van der Waals surface area contributed by atoms with Crippen LogP contribution in [0.15, 0.2) is 12.7 Å². The van der Waals surface area contributed by atoms with Crippen LogP contribution in [0, 0.1) is 59.2 Å². The number of carbonyl (C=O) groups is 1. The first-order chi connectivity index (χ1) is 24.1. The van der Waals surface area contributed by atoms with E-state index < -0.39 is 5.97 Å². The Morgan fingerprint density at radius 1 is 0.510 bits per heavy atom. The number of rotatable bonds is 6. The maximum atomic E-state index is 13.3. The fourth-order valence-electron chi connectivity index (χ4n) is 13.5. The molecule has 8 bridgehead atoms. The number of hydrogen-bond donors (Lipinski definition) is 9. The lowest BCUT2D eigenvalue weighted by atomic mass is 9.65. The summed E-state index contributed by atoms with van der Waals surface area (Å²) < 4.78 is 0. The van der Waals surface area contributed by atoms with Crippen molar-refractivity contribution in [2.24, 2.45) is 59.2 Å². The molecular formula is C39H66N8O2. The molecule has 0 aromatic carbocycles. The minimum absolute atomic E-state index is 0.0273. The van der Waals surface area contributed by atoms with Crippen LogP contribution in [0.4, 0.5) is 0 Å². The fraction of sp³-hybridized carbons (Fsp3) is 0.923. The molecule has 9 N–H and O–H groups in total. The third-order valence-electron chi connectivity index (χ3n) is 15.7. The third-order valence-corrected chi connectivity index (χ3v) is 15.7. The van der Waals surface area contributed by atoms with Crippen molar-refractivity contribution in [1.82, 2.24) is 42.5 Å². The van der Waals surface area contributed by atoms with Gasteiger partial charge in [0, 0.05) is 5.92 Å². The van der Waals surface area contributed by atoms with E-state index in [0.29, 0.717) is 59.9 Å². The molecule has 4 aliphatic carbocycles. The molecule has 0 aromatic heterocycles. The highest BCUT2D eigenvalue weighted by atomic mass is 16.4. The van der Waals surface area contributed by atoms with Gasteiger partial charge in [-0.15, -0.1) is 6.58 Å². The molecule has 18 atom stereocenters. The van der Waals surface area contributed by atoms with Gasteiger partial charge in [0.25, 0.3) is 0 Å². The van der Waals surface area contributed by atoms with Crippen molar-refractivity contribution in [2.75, 3.05) is 0 Å². The van der Waals surface area contributed by atoms with E-state index in [1.54, 1.807) is 0 Å². The zero-order valence-electron chi connectivity index (χ0n) is 29.8. The van der Waals surface area contributed by atoms with Gasteiger partial charge in [0.1, 0.15) is 0 Å². The van der Waals surface area contributed by atoms with Crippen LogP contribution in [-0.2, 0) is 4.79 Å². The van der Waals surface area contributed by atoms with Crippen LogP contribution in [0.25, 0.3) is 0 Å². The topological polar surface area (TPSA) is 134 Å². The monoisotopic (exact) mass is 679 g/mol. The molecule has 9 fully saturated rings. The third kappa shape index (κ3) is 6.26. The number of hydrogen-bond acceptors (Lipinski definition) is 9. The molecule has 0 spiro atoms. The Morgan fingerprint density at radius 2 is 0.878 bits per heavy atom. The van der Waals surface area contributed by atoms with Crippen molar-refractivity contribution in [3.63, 3.8) is 0 Å². The number of carboxylic acid groups (broad SMARTS) is 1. The molecule has 10 heteroatoms. The SMILES string of the molecule is C=CCCCCC1CCC2C3NC4NC(NC5NC(NC6NC(NC(N3)C2C1C(=O)O)C1CCCCC61)C1CCCCC51)C1CCCCC41. The number of fused-ring (bicyclic) bond motifs is 20. The summed E-state index contributed by atoms with van der Waals surface area (Å²) in [4.78, 5) is 13.3. The smallest absolute Gasteiger partial charge is 0.307 e. The molecule has 5 heterocycles. The minimum Gasteiger partial charge on any atom is -0.481 e. The van der Waals surface area contributed by atoms with Crippen molar-refractivity contribution in [3.05, 3.63) is 12.7 Å². The van der Waals surface area contributed by atoms with Crippen LogP contribution in [-0.4, -0.2) is 60.4 Å².